The second kappa shape index (κ2) is 8.87. The summed E-state index contributed by atoms with van der Waals surface area (Å²) in [6.45, 7) is 8.23. The van der Waals surface area contributed by atoms with Gasteiger partial charge in [-0.3, -0.25) is 4.99 Å². The molecule has 0 spiro atoms. The molecule has 2 rings (SSSR count). The zero-order chi connectivity index (χ0) is 16.2. The molecule has 23 heavy (non-hydrogen) atoms. The minimum absolute atomic E-state index is 0. The first-order valence-electron chi connectivity index (χ1n) is 8.00. The molecule has 0 amide bonds. The van der Waals surface area contributed by atoms with Crippen molar-refractivity contribution in [3.05, 3.63) is 35.4 Å². The summed E-state index contributed by atoms with van der Waals surface area (Å²) in [6, 6.07) is 8.66. The summed E-state index contributed by atoms with van der Waals surface area (Å²) in [6.07, 6.45) is 1.30. The molecule has 0 aromatic heterocycles. The Morgan fingerprint density at radius 3 is 2.57 bits per heavy atom. The third-order valence-electron chi connectivity index (χ3n) is 4.41. The van der Waals surface area contributed by atoms with Gasteiger partial charge >= 0.3 is 0 Å². The predicted molar refractivity (Wildman–Crippen MR) is 108 cm³/mol. The van der Waals surface area contributed by atoms with E-state index in [4.69, 9.17) is 4.74 Å². The average Bonchev–Trinajstić information content (AvgIpc) is 2.45. The van der Waals surface area contributed by atoms with Gasteiger partial charge in [-0.25, -0.2) is 0 Å². The van der Waals surface area contributed by atoms with Gasteiger partial charge in [-0.05, 0) is 23.0 Å². The third-order valence-corrected chi connectivity index (χ3v) is 4.41. The maximum absolute atomic E-state index is 5.57. The minimum atomic E-state index is 0. The number of aliphatic imine (C=N–C) groups is 1. The van der Waals surface area contributed by atoms with Crippen molar-refractivity contribution in [2.75, 3.05) is 27.2 Å². The molecule has 2 N–H and O–H groups in total. The Bertz CT molecular complexity index is 525. The van der Waals surface area contributed by atoms with Gasteiger partial charge in [0, 0.05) is 33.2 Å². The van der Waals surface area contributed by atoms with Crippen molar-refractivity contribution in [1.29, 1.82) is 0 Å². The lowest BCUT2D eigenvalue weighted by Crippen LogP contribution is -2.46. The molecule has 0 bridgehead atoms. The van der Waals surface area contributed by atoms with Gasteiger partial charge in [-0.15, -0.1) is 24.0 Å². The van der Waals surface area contributed by atoms with Crippen molar-refractivity contribution in [3.63, 3.8) is 0 Å². The lowest BCUT2D eigenvalue weighted by molar-refractivity contribution is 0.0205. The number of nitrogens with zero attached hydrogens (tertiary/aromatic N) is 1. The molecule has 0 saturated heterocycles. The van der Waals surface area contributed by atoms with E-state index in [0.717, 1.165) is 25.5 Å². The highest BCUT2D eigenvalue weighted by molar-refractivity contribution is 14.0. The maximum Gasteiger partial charge on any atom is 0.191 e. The Morgan fingerprint density at radius 2 is 2.00 bits per heavy atom. The summed E-state index contributed by atoms with van der Waals surface area (Å²) < 4.78 is 5.57. The highest BCUT2D eigenvalue weighted by atomic mass is 127. The van der Waals surface area contributed by atoms with Crippen LogP contribution < -0.4 is 10.6 Å². The first kappa shape index (κ1) is 20.2. The molecule has 0 saturated carbocycles. The maximum atomic E-state index is 5.57. The number of nitrogens with one attached hydrogen (secondary N) is 2. The normalized spacial score (nSPS) is 18.3. The van der Waals surface area contributed by atoms with E-state index < -0.39 is 0 Å². The van der Waals surface area contributed by atoms with Crippen LogP contribution in [0.4, 0.5) is 0 Å². The molecule has 2 unspecified atom stereocenters. The standard InChI is InChI=1S/C18H29N3O.HI/c1-18(2,3)16(22-5)12-21-17(19-4)20-11-14-10-13-8-6-7-9-15(13)14;/h6-9,14,16H,10-12H2,1-5H3,(H2,19,20,21);1H. The van der Waals surface area contributed by atoms with E-state index >= 15 is 0 Å². The second-order valence-electron chi connectivity index (χ2n) is 7.02. The summed E-state index contributed by atoms with van der Waals surface area (Å²) in [5.74, 6) is 1.44. The van der Waals surface area contributed by atoms with Crippen molar-refractivity contribution < 1.29 is 4.74 Å². The highest BCUT2D eigenvalue weighted by Crippen LogP contribution is 2.33. The molecule has 1 aliphatic rings. The molecule has 130 valence electrons. The molecule has 0 fully saturated rings. The van der Waals surface area contributed by atoms with E-state index in [0.29, 0.717) is 5.92 Å². The fourth-order valence-electron chi connectivity index (χ4n) is 2.92. The molecule has 1 aromatic rings. The monoisotopic (exact) mass is 431 g/mol. The summed E-state index contributed by atoms with van der Waals surface area (Å²) in [7, 11) is 3.57. The van der Waals surface area contributed by atoms with Crippen LogP contribution >= 0.6 is 24.0 Å². The van der Waals surface area contributed by atoms with Crippen LogP contribution in [0.15, 0.2) is 29.3 Å². The lowest BCUT2D eigenvalue weighted by Gasteiger charge is -2.32. The van der Waals surface area contributed by atoms with Crippen molar-refractivity contribution in [1.82, 2.24) is 10.6 Å². The predicted octanol–water partition coefficient (Wildman–Crippen LogP) is 3.17. The lowest BCUT2D eigenvalue weighted by atomic mass is 9.78. The molecular weight excluding hydrogens is 401 g/mol. The minimum Gasteiger partial charge on any atom is -0.379 e. The Hall–Kier alpha value is -0.820. The zero-order valence-corrected chi connectivity index (χ0v) is 17.2. The zero-order valence-electron chi connectivity index (χ0n) is 14.8. The molecule has 0 aliphatic heterocycles. The van der Waals surface area contributed by atoms with Gasteiger partial charge in [-0.1, -0.05) is 45.0 Å². The molecule has 1 aromatic carbocycles. The first-order valence-corrected chi connectivity index (χ1v) is 8.00. The highest BCUT2D eigenvalue weighted by Gasteiger charge is 2.26. The van der Waals surface area contributed by atoms with E-state index in [1.54, 1.807) is 7.11 Å². The van der Waals surface area contributed by atoms with Crippen LogP contribution in [0.5, 0.6) is 0 Å². The number of fused-ring (bicyclic) bond motifs is 1. The van der Waals surface area contributed by atoms with E-state index in [1.807, 2.05) is 7.05 Å². The second-order valence-corrected chi connectivity index (χ2v) is 7.02. The van der Waals surface area contributed by atoms with Crippen LogP contribution in [-0.4, -0.2) is 39.3 Å². The van der Waals surface area contributed by atoms with Crippen LogP contribution in [0.25, 0.3) is 0 Å². The van der Waals surface area contributed by atoms with Gasteiger partial charge in [-0.2, -0.15) is 0 Å². The van der Waals surface area contributed by atoms with Crippen molar-refractivity contribution in [2.24, 2.45) is 10.4 Å². The molecule has 0 radical (unpaired) electrons. The van der Waals surface area contributed by atoms with Gasteiger partial charge in [0.15, 0.2) is 5.96 Å². The van der Waals surface area contributed by atoms with Gasteiger partial charge in [0.2, 0.25) is 0 Å². The topological polar surface area (TPSA) is 45.7 Å². The number of ether oxygens (including phenoxy) is 1. The molecule has 2 atom stereocenters. The summed E-state index contributed by atoms with van der Waals surface area (Å²) in [4.78, 5) is 4.30. The molecule has 4 nitrogen and oxygen atoms in total. The number of rotatable bonds is 5. The van der Waals surface area contributed by atoms with Gasteiger partial charge < -0.3 is 15.4 Å². The van der Waals surface area contributed by atoms with Crippen molar-refractivity contribution >= 4 is 29.9 Å². The number of hydrogen-bond acceptors (Lipinski definition) is 2. The number of hydrogen-bond donors (Lipinski definition) is 2. The van der Waals surface area contributed by atoms with E-state index in [9.17, 15) is 0 Å². The number of halogens is 1. The van der Waals surface area contributed by atoms with Gasteiger partial charge in [0.05, 0.1) is 6.10 Å². The van der Waals surface area contributed by atoms with E-state index in [1.165, 1.54) is 11.1 Å². The Morgan fingerprint density at radius 1 is 1.30 bits per heavy atom. The van der Waals surface area contributed by atoms with Crippen molar-refractivity contribution in [3.8, 4) is 0 Å². The van der Waals surface area contributed by atoms with Gasteiger partial charge in [0.25, 0.3) is 0 Å². The first-order chi connectivity index (χ1) is 10.5. The number of benzene rings is 1. The third kappa shape index (κ3) is 5.35. The Balaban J connectivity index is 0.00000264. The van der Waals surface area contributed by atoms with Crippen LogP contribution in [0.1, 0.15) is 37.8 Å². The van der Waals surface area contributed by atoms with E-state index in [-0.39, 0.29) is 35.5 Å². The average molecular weight is 431 g/mol. The summed E-state index contributed by atoms with van der Waals surface area (Å²) >= 11 is 0. The number of guanidine groups is 1. The van der Waals surface area contributed by atoms with Crippen LogP contribution in [0.2, 0.25) is 0 Å². The SMILES string of the molecule is CN=C(NCC1Cc2ccccc21)NCC(OC)C(C)(C)C.I. The molecule has 5 heteroatoms. The van der Waals surface area contributed by atoms with Crippen molar-refractivity contribution in [2.45, 2.75) is 39.2 Å². The van der Waals surface area contributed by atoms with Crippen LogP contribution in [-0.2, 0) is 11.2 Å². The molecule has 0 heterocycles. The van der Waals surface area contributed by atoms with E-state index in [2.05, 4.69) is 60.7 Å². The molecular formula is C18H30IN3O. The number of methoxy groups -OCH3 is 1. The summed E-state index contributed by atoms with van der Waals surface area (Å²) in [5.41, 5.74) is 3.05. The fourth-order valence-corrected chi connectivity index (χ4v) is 2.92. The quantitative estimate of drug-likeness (QED) is 0.428. The smallest absolute Gasteiger partial charge is 0.191 e. The molecule has 1 aliphatic carbocycles. The Labute approximate surface area is 157 Å². The fraction of sp³-hybridized carbons (Fsp3) is 0.611. The van der Waals surface area contributed by atoms with Crippen LogP contribution in [0, 0.1) is 5.41 Å². The summed E-state index contributed by atoms with van der Waals surface area (Å²) in [5, 5.41) is 6.79. The largest absolute Gasteiger partial charge is 0.379 e. The van der Waals surface area contributed by atoms with Crippen LogP contribution in [0.3, 0.4) is 0 Å². The Kier molecular flexibility index (Phi) is 7.80. The van der Waals surface area contributed by atoms with Gasteiger partial charge in [0.1, 0.15) is 0 Å².